The third-order valence-corrected chi connectivity index (χ3v) is 3.54. The van der Waals surface area contributed by atoms with Crippen LogP contribution in [-0.4, -0.2) is 27.1 Å². The van der Waals surface area contributed by atoms with Crippen molar-refractivity contribution in [1.29, 1.82) is 0 Å². The molecule has 7 heteroatoms. The second-order valence-corrected chi connectivity index (χ2v) is 4.91. The Labute approximate surface area is 113 Å². The SMILES string of the molecule is Nc1c(C=O)c(-c2cccs2)nn1CCCC(=O)O. The lowest BCUT2D eigenvalue weighted by Crippen LogP contribution is -2.07. The van der Waals surface area contributed by atoms with E-state index in [4.69, 9.17) is 10.8 Å². The molecular formula is C12H13N3O3S. The number of nitrogens with two attached hydrogens (primary N) is 1. The summed E-state index contributed by atoms with van der Waals surface area (Å²) in [5.41, 5.74) is 6.78. The number of aryl methyl sites for hydroxylation is 1. The highest BCUT2D eigenvalue weighted by Gasteiger charge is 2.17. The number of hydrogen-bond donors (Lipinski definition) is 2. The van der Waals surface area contributed by atoms with E-state index in [-0.39, 0.29) is 12.2 Å². The predicted molar refractivity (Wildman–Crippen MR) is 72.2 cm³/mol. The number of aliphatic carboxylic acids is 1. The van der Waals surface area contributed by atoms with Gasteiger partial charge in [0.25, 0.3) is 0 Å². The molecule has 0 aromatic carbocycles. The summed E-state index contributed by atoms with van der Waals surface area (Å²) in [5, 5.41) is 14.8. The van der Waals surface area contributed by atoms with Gasteiger partial charge in [0.1, 0.15) is 11.5 Å². The van der Waals surface area contributed by atoms with Crippen molar-refractivity contribution in [2.24, 2.45) is 0 Å². The summed E-state index contributed by atoms with van der Waals surface area (Å²) in [7, 11) is 0. The number of carboxylic acid groups (broad SMARTS) is 1. The highest BCUT2D eigenvalue weighted by molar-refractivity contribution is 7.13. The normalized spacial score (nSPS) is 10.5. The second kappa shape index (κ2) is 5.66. The molecule has 0 bridgehead atoms. The van der Waals surface area contributed by atoms with E-state index >= 15 is 0 Å². The number of aldehydes is 1. The molecule has 0 aliphatic carbocycles. The Morgan fingerprint density at radius 2 is 2.37 bits per heavy atom. The zero-order chi connectivity index (χ0) is 13.8. The molecule has 0 saturated carbocycles. The van der Waals surface area contributed by atoms with Crippen molar-refractivity contribution in [2.75, 3.05) is 5.73 Å². The van der Waals surface area contributed by atoms with E-state index in [2.05, 4.69) is 5.10 Å². The van der Waals surface area contributed by atoms with E-state index in [0.29, 0.717) is 30.5 Å². The van der Waals surface area contributed by atoms with Crippen molar-refractivity contribution in [2.45, 2.75) is 19.4 Å². The monoisotopic (exact) mass is 279 g/mol. The Bertz CT molecular complexity index is 590. The summed E-state index contributed by atoms with van der Waals surface area (Å²) in [6.45, 7) is 0.379. The van der Waals surface area contributed by atoms with Gasteiger partial charge in [0.2, 0.25) is 0 Å². The smallest absolute Gasteiger partial charge is 0.303 e. The Kier molecular flexibility index (Phi) is 3.96. The number of anilines is 1. The number of carbonyl (C=O) groups excluding carboxylic acids is 1. The maximum atomic E-state index is 11.1. The fourth-order valence-electron chi connectivity index (χ4n) is 1.75. The zero-order valence-corrected chi connectivity index (χ0v) is 10.9. The fourth-order valence-corrected chi connectivity index (χ4v) is 2.47. The quantitative estimate of drug-likeness (QED) is 0.786. The van der Waals surface area contributed by atoms with E-state index in [0.717, 1.165) is 4.88 Å². The van der Waals surface area contributed by atoms with Crippen LogP contribution in [0, 0.1) is 0 Å². The molecule has 0 atom stereocenters. The molecule has 0 aliphatic heterocycles. The first kappa shape index (κ1) is 13.3. The van der Waals surface area contributed by atoms with Crippen molar-refractivity contribution >= 4 is 29.4 Å². The Morgan fingerprint density at radius 1 is 1.58 bits per heavy atom. The fraction of sp³-hybridized carbons (Fsp3) is 0.250. The maximum Gasteiger partial charge on any atom is 0.303 e. The van der Waals surface area contributed by atoms with Gasteiger partial charge in [0.05, 0.1) is 10.4 Å². The van der Waals surface area contributed by atoms with E-state index in [1.54, 1.807) is 0 Å². The highest BCUT2D eigenvalue weighted by Crippen LogP contribution is 2.29. The minimum Gasteiger partial charge on any atom is -0.481 e. The number of hydrogen-bond acceptors (Lipinski definition) is 5. The molecule has 0 amide bonds. The number of nitrogen functional groups attached to an aromatic ring is 1. The Balaban J connectivity index is 2.26. The number of aromatic nitrogens is 2. The van der Waals surface area contributed by atoms with Crippen LogP contribution in [0.3, 0.4) is 0 Å². The van der Waals surface area contributed by atoms with Crippen LogP contribution in [0.4, 0.5) is 5.82 Å². The molecule has 3 N–H and O–H groups in total. The number of nitrogens with zero attached hydrogens (tertiary/aromatic N) is 2. The highest BCUT2D eigenvalue weighted by atomic mass is 32.1. The van der Waals surface area contributed by atoms with Crippen LogP contribution in [0.25, 0.3) is 10.6 Å². The van der Waals surface area contributed by atoms with Gasteiger partial charge in [0.15, 0.2) is 6.29 Å². The van der Waals surface area contributed by atoms with Crippen molar-refractivity contribution in [3.63, 3.8) is 0 Å². The van der Waals surface area contributed by atoms with Gasteiger partial charge in [-0.1, -0.05) is 6.07 Å². The molecule has 0 fully saturated rings. The summed E-state index contributed by atoms with van der Waals surface area (Å²) in [5.74, 6) is -0.580. The Hall–Kier alpha value is -2.15. The van der Waals surface area contributed by atoms with Gasteiger partial charge in [-0.25, -0.2) is 4.68 Å². The first-order valence-corrected chi connectivity index (χ1v) is 6.58. The third kappa shape index (κ3) is 2.82. The van der Waals surface area contributed by atoms with Gasteiger partial charge in [-0.15, -0.1) is 11.3 Å². The van der Waals surface area contributed by atoms with Gasteiger partial charge in [-0.3, -0.25) is 9.59 Å². The van der Waals surface area contributed by atoms with Crippen LogP contribution in [0.1, 0.15) is 23.2 Å². The third-order valence-electron chi connectivity index (χ3n) is 2.66. The van der Waals surface area contributed by atoms with E-state index < -0.39 is 5.97 Å². The van der Waals surface area contributed by atoms with Crippen LogP contribution < -0.4 is 5.73 Å². The average Bonchev–Trinajstić information content (AvgIpc) is 2.97. The molecule has 0 saturated heterocycles. The van der Waals surface area contributed by atoms with Crippen LogP contribution in [0.5, 0.6) is 0 Å². The summed E-state index contributed by atoms with van der Waals surface area (Å²) >= 11 is 1.47. The first-order chi connectivity index (χ1) is 9.13. The van der Waals surface area contributed by atoms with Crippen LogP contribution in [-0.2, 0) is 11.3 Å². The van der Waals surface area contributed by atoms with Gasteiger partial charge in [-0.2, -0.15) is 5.10 Å². The summed E-state index contributed by atoms with van der Waals surface area (Å²) < 4.78 is 1.49. The lowest BCUT2D eigenvalue weighted by molar-refractivity contribution is -0.137. The Morgan fingerprint density at radius 3 is 2.95 bits per heavy atom. The molecule has 19 heavy (non-hydrogen) atoms. The first-order valence-electron chi connectivity index (χ1n) is 5.70. The molecule has 6 nitrogen and oxygen atoms in total. The molecule has 2 heterocycles. The standard InChI is InChI=1S/C12H13N3O3S/c13-12-8(7-16)11(9-3-2-6-19-9)14-15(12)5-1-4-10(17)18/h2-3,6-7H,1,4-5,13H2,(H,17,18). The molecule has 0 aliphatic rings. The molecule has 2 aromatic heterocycles. The topological polar surface area (TPSA) is 98.2 Å². The molecule has 100 valence electrons. The summed E-state index contributed by atoms with van der Waals surface area (Å²) in [6, 6.07) is 3.73. The molecular weight excluding hydrogens is 266 g/mol. The lowest BCUT2D eigenvalue weighted by Gasteiger charge is -2.01. The van der Waals surface area contributed by atoms with Gasteiger partial charge in [0, 0.05) is 13.0 Å². The molecule has 0 unspecified atom stereocenters. The van der Waals surface area contributed by atoms with Gasteiger partial charge >= 0.3 is 5.97 Å². The van der Waals surface area contributed by atoms with E-state index in [1.165, 1.54) is 16.0 Å². The van der Waals surface area contributed by atoms with Crippen molar-refractivity contribution in [3.8, 4) is 10.6 Å². The van der Waals surface area contributed by atoms with Gasteiger partial charge < -0.3 is 10.8 Å². The van der Waals surface area contributed by atoms with Crippen LogP contribution in [0.2, 0.25) is 0 Å². The maximum absolute atomic E-state index is 11.1. The summed E-state index contributed by atoms with van der Waals surface area (Å²) in [4.78, 5) is 22.5. The minimum absolute atomic E-state index is 0.0457. The lowest BCUT2D eigenvalue weighted by atomic mass is 10.2. The second-order valence-electron chi connectivity index (χ2n) is 3.96. The number of rotatable bonds is 6. The largest absolute Gasteiger partial charge is 0.481 e. The predicted octanol–water partition coefficient (Wildman–Crippen LogP) is 1.87. The molecule has 2 aromatic rings. The van der Waals surface area contributed by atoms with E-state index in [1.807, 2.05) is 17.5 Å². The number of thiophene rings is 1. The molecule has 0 radical (unpaired) electrons. The number of carbonyl (C=O) groups is 2. The van der Waals surface area contributed by atoms with Crippen molar-refractivity contribution in [1.82, 2.24) is 9.78 Å². The average molecular weight is 279 g/mol. The van der Waals surface area contributed by atoms with Gasteiger partial charge in [-0.05, 0) is 17.9 Å². The molecule has 2 rings (SSSR count). The zero-order valence-electron chi connectivity index (χ0n) is 10.1. The molecule has 0 spiro atoms. The van der Waals surface area contributed by atoms with Crippen LogP contribution in [0.15, 0.2) is 17.5 Å². The van der Waals surface area contributed by atoms with Crippen molar-refractivity contribution < 1.29 is 14.7 Å². The van der Waals surface area contributed by atoms with E-state index in [9.17, 15) is 9.59 Å². The number of carboxylic acids is 1. The minimum atomic E-state index is -0.861. The summed E-state index contributed by atoms with van der Waals surface area (Å²) in [6.07, 6.45) is 1.15. The van der Waals surface area contributed by atoms with Crippen molar-refractivity contribution in [3.05, 3.63) is 23.1 Å². The van der Waals surface area contributed by atoms with Crippen LogP contribution >= 0.6 is 11.3 Å².